The van der Waals surface area contributed by atoms with Crippen LogP contribution in [0.5, 0.6) is 0 Å². The Morgan fingerprint density at radius 1 is 1.48 bits per heavy atom. The Balaban J connectivity index is 1.64. The molecule has 5 nitrogen and oxygen atoms in total. The molecule has 21 heavy (non-hydrogen) atoms. The van der Waals surface area contributed by atoms with E-state index in [-0.39, 0.29) is 11.6 Å². The number of aliphatic hydroxyl groups is 1. The third-order valence-electron chi connectivity index (χ3n) is 3.45. The maximum Gasteiger partial charge on any atom is 0.229 e. The number of nitrogens with zero attached hydrogens (tertiary/aromatic N) is 2. The van der Waals surface area contributed by atoms with Gasteiger partial charge < -0.3 is 14.9 Å². The summed E-state index contributed by atoms with van der Waals surface area (Å²) in [5.74, 6) is 1.10. The van der Waals surface area contributed by atoms with Crippen LogP contribution >= 0.6 is 11.6 Å². The second kappa shape index (κ2) is 6.09. The summed E-state index contributed by atoms with van der Waals surface area (Å²) < 4.78 is 18.6. The van der Waals surface area contributed by atoms with Crippen molar-refractivity contribution in [3.8, 4) is 0 Å². The average molecular weight is 312 g/mol. The number of aromatic nitrogens is 2. The van der Waals surface area contributed by atoms with Crippen molar-refractivity contribution < 1.29 is 14.0 Å². The zero-order valence-corrected chi connectivity index (χ0v) is 12.0. The van der Waals surface area contributed by atoms with Crippen LogP contribution in [0.25, 0.3) is 0 Å². The molecule has 0 radical (unpaired) electrons. The number of rotatable bonds is 6. The Hall–Kier alpha value is -1.50. The van der Waals surface area contributed by atoms with Gasteiger partial charge in [0.05, 0.1) is 24.2 Å². The molecule has 1 saturated carbocycles. The molecule has 0 aliphatic heterocycles. The molecule has 112 valence electrons. The highest BCUT2D eigenvalue weighted by atomic mass is 35.5. The monoisotopic (exact) mass is 311 g/mol. The van der Waals surface area contributed by atoms with Crippen LogP contribution in [0.3, 0.4) is 0 Å². The van der Waals surface area contributed by atoms with E-state index in [2.05, 4.69) is 15.5 Å². The van der Waals surface area contributed by atoms with E-state index in [1.54, 1.807) is 6.07 Å². The van der Waals surface area contributed by atoms with Crippen molar-refractivity contribution in [1.29, 1.82) is 0 Å². The molecular formula is C14H15ClFN3O2. The number of aliphatic hydroxyl groups excluding tert-OH is 1. The Morgan fingerprint density at radius 2 is 2.29 bits per heavy atom. The summed E-state index contributed by atoms with van der Waals surface area (Å²) in [6, 6.07) is 4.03. The SMILES string of the molecule is OCC(NCc1noc(C2CC2)n1)c1ccc(Cl)c(F)c1. The quantitative estimate of drug-likeness (QED) is 0.858. The Labute approximate surface area is 126 Å². The van der Waals surface area contributed by atoms with E-state index < -0.39 is 11.9 Å². The molecule has 2 aromatic rings. The van der Waals surface area contributed by atoms with Crippen molar-refractivity contribution in [2.75, 3.05) is 6.61 Å². The van der Waals surface area contributed by atoms with Crippen molar-refractivity contribution in [2.45, 2.75) is 31.3 Å². The lowest BCUT2D eigenvalue weighted by Gasteiger charge is -2.15. The van der Waals surface area contributed by atoms with Crippen LogP contribution in [0.4, 0.5) is 4.39 Å². The molecule has 1 aliphatic carbocycles. The topological polar surface area (TPSA) is 71.2 Å². The van der Waals surface area contributed by atoms with Crippen LogP contribution in [0.2, 0.25) is 5.02 Å². The molecule has 0 spiro atoms. The van der Waals surface area contributed by atoms with Crippen LogP contribution in [-0.4, -0.2) is 21.9 Å². The highest BCUT2D eigenvalue weighted by molar-refractivity contribution is 6.30. The number of hydrogen-bond acceptors (Lipinski definition) is 5. The van der Waals surface area contributed by atoms with Crippen LogP contribution in [0.15, 0.2) is 22.7 Å². The Bertz CT molecular complexity index is 630. The molecule has 1 heterocycles. The number of benzene rings is 1. The standard InChI is InChI=1S/C14H15ClFN3O2/c15-10-4-3-9(5-11(10)16)12(7-20)17-6-13-18-14(21-19-13)8-1-2-8/h3-5,8,12,17,20H,1-2,6-7H2. The maximum atomic E-state index is 13.5. The van der Waals surface area contributed by atoms with Gasteiger partial charge in [-0.1, -0.05) is 22.8 Å². The molecule has 3 rings (SSSR count). The van der Waals surface area contributed by atoms with E-state index in [9.17, 15) is 9.50 Å². The Kier molecular flexibility index (Phi) is 4.19. The maximum absolute atomic E-state index is 13.5. The van der Waals surface area contributed by atoms with E-state index in [1.165, 1.54) is 12.1 Å². The lowest BCUT2D eigenvalue weighted by Crippen LogP contribution is -2.24. The fourth-order valence-corrected chi connectivity index (χ4v) is 2.18. The molecule has 2 N–H and O–H groups in total. The molecule has 1 unspecified atom stereocenters. The second-order valence-corrected chi connectivity index (χ2v) is 5.52. The van der Waals surface area contributed by atoms with Crippen LogP contribution in [-0.2, 0) is 6.54 Å². The van der Waals surface area contributed by atoms with Crippen LogP contribution in [0.1, 0.15) is 42.1 Å². The summed E-state index contributed by atoms with van der Waals surface area (Å²) in [5, 5.41) is 16.5. The van der Waals surface area contributed by atoms with E-state index in [1.807, 2.05) is 0 Å². The van der Waals surface area contributed by atoms with Crippen molar-refractivity contribution >= 4 is 11.6 Å². The predicted molar refractivity (Wildman–Crippen MR) is 74.3 cm³/mol. The van der Waals surface area contributed by atoms with Crippen molar-refractivity contribution in [3.63, 3.8) is 0 Å². The highest BCUT2D eigenvalue weighted by Crippen LogP contribution is 2.38. The van der Waals surface area contributed by atoms with Gasteiger partial charge in [-0.25, -0.2) is 4.39 Å². The lowest BCUT2D eigenvalue weighted by atomic mass is 10.1. The number of halogens is 2. The fourth-order valence-electron chi connectivity index (χ4n) is 2.07. The highest BCUT2D eigenvalue weighted by Gasteiger charge is 2.29. The normalized spacial score (nSPS) is 16.1. The van der Waals surface area contributed by atoms with Gasteiger partial charge in [0.25, 0.3) is 0 Å². The van der Waals surface area contributed by atoms with Gasteiger partial charge in [-0.05, 0) is 30.5 Å². The summed E-state index contributed by atoms with van der Waals surface area (Å²) in [4.78, 5) is 4.29. The predicted octanol–water partition coefficient (Wildman–Crippen LogP) is 2.56. The van der Waals surface area contributed by atoms with E-state index in [4.69, 9.17) is 16.1 Å². The van der Waals surface area contributed by atoms with Crippen LogP contribution < -0.4 is 5.32 Å². The fraction of sp³-hybridized carbons (Fsp3) is 0.429. The average Bonchev–Trinajstić information content (AvgIpc) is 3.23. The summed E-state index contributed by atoms with van der Waals surface area (Å²) in [6.45, 7) is 0.167. The van der Waals surface area contributed by atoms with Gasteiger partial charge in [-0.2, -0.15) is 4.98 Å². The minimum atomic E-state index is -0.509. The smallest absolute Gasteiger partial charge is 0.229 e. The molecule has 1 atom stereocenters. The largest absolute Gasteiger partial charge is 0.394 e. The molecule has 0 amide bonds. The van der Waals surface area contributed by atoms with Crippen LogP contribution in [0, 0.1) is 5.82 Å². The summed E-state index contributed by atoms with van der Waals surface area (Å²) >= 11 is 5.65. The van der Waals surface area contributed by atoms with Crippen molar-refractivity contribution in [1.82, 2.24) is 15.5 Å². The molecule has 0 saturated heterocycles. The summed E-state index contributed by atoms with van der Waals surface area (Å²) in [6.07, 6.45) is 2.19. The first kappa shape index (κ1) is 14.4. The number of nitrogens with one attached hydrogen (secondary N) is 1. The van der Waals surface area contributed by atoms with Gasteiger partial charge in [0.15, 0.2) is 5.82 Å². The molecular weight excluding hydrogens is 297 g/mol. The van der Waals surface area contributed by atoms with Gasteiger partial charge in [0.1, 0.15) is 5.82 Å². The third kappa shape index (κ3) is 3.40. The minimum Gasteiger partial charge on any atom is -0.394 e. The first-order chi connectivity index (χ1) is 10.2. The third-order valence-corrected chi connectivity index (χ3v) is 3.75. The molecule has 1 fully saturated rings. The van der Waals surface area contributed by atoms with E-state index >= 15 is 0 Å². The molecule has 0 bridgehead atoms. The first-order valence-corrected chi connectivity index (χ1v) is 7.17. The zero-order valence-electron chi connectivity index (χ0n) is 11.2. The first-order valence-electron chi connectivity index (χ1n) is 6.79. The lowest BCUT2D eigenvalue weighted by molar-refractivity contribution is 0.242. The van der Waals surface area contributed by atoms with Gasteiger partial charge >= 0.3 is 0 Å². The van der Waals surface area contributed by atoms with E-state index in [0.717, 1.165) is 12.8 Å². The number of hydrogen-bond donors (Lipinski definition) is 2. The van der Waals surface area contributed by atoms with Crippen molar-refractivity contribution in [3.05, 3.63) is 46.3 Å². The molecule has 1 aliphatic rings. The molecule has 1 aromatic carbocycles. The van der Waals surface area contributed by atoms with Crippen molar-refractivity contribution in [2.24, 2.45) is 0 Å². The van der Waals surface area contributed by atoms with Gasteiger partial charge in [0.2, 0.25) is 5.89 Å². The van der Waals surface area contributed by atoms with Gasteiger partial charge in [-0.3, -0.25) is 0 Å². The minimum absolute atomic E-state index is 0.0580. The van der Waals surface area contributed by atoms with Gasteiger partial charge in [0, 0.05) is 5.92 Å². The zero-order chi connectivity index (χ0) is 14.8. The Morgan fingerprint density at radius 3 is 2.95 bits per heavy atom. The summed E-state index contributed by atoms with van der Waals surface area (Å²) in [5.41, 5.74) is 0.616. The molecule has 1 aromatic heterocycles. The second-order valence-electron chi connectivity index (χ2n) is 5.11. The van der Waals surface area contributed by atoms with E-state index in [0.29, 0.717) is 29.7 Å². The molecule has 7 heteroatoms. The summed E-state index contributed by atoms with van der Waals surface area (Å²) in [7, 11) is 0. The van der Waals surface area contributed by atoms with Gasteiger partial charge in [-0.15, -0.1) is 0 Å².